The molecule has 19 heavy (non-hydrogen) atoms. The Bertz CT molecular complexity index is 421. The largest absolute Gasteiger partial charge is 0.351 e. The highest BCUT2D eigenvalue weighted by Gasteiger charge is 2.33. The normalized spacial score (nSPS) is 13.8. The van der Waals surface area contributed by atoms with Crippen molar-refractivity contribution in [2.75, 3.05) is 13.2 Å². The number of rotatable bonds is 7. The third kappa shape index (κ3) is 4.15. The van der Waals surface area contributed by atoms with E-state index in [1.807, 2.05) is 24.3 Å². The number of hydrogen-bond donors (Lipinski definition) is 1. The van der Waals surface area contributed by atoms with Gasteiger partial charge in [-0.3, -0.25) is 4.57 Å². The van der Waals surface area contributed by atoms with Gasteiger partial charge in [0.05, 0.1) is 13.2 Å². The summed E-state index contributed by atoms with van der Waals surface area (Å²) in [5, 5.41) is 0. The molecule has 1 atom stereocenters. The van der Waals surface area contributed by atoms with Crippen molar-refractivity contribution in [3.05, 3.63) is 35.4 Å². The standard InChI is InChI=1S/C14H24NO3P/c1-5-17-19(16,18-6-2)14(15)13-9-7-12(8-10-13)11(3)4/h7-11,14H,5-6,15H2,1-4H3/t14-/m1/s1. The lowest BCUT2D eigenvalue weighted by molar-refractivity contribution is 0.212. The highest BCUT2D eigenvalue weighted by atomic mass is 31.2. The fraction of sp³-hybridized carbons (Fsp3) is 0.571. The van der Waals surface area contributed by atoms with Crippen LogP contribution in [0.15, 0.2) is 24.3 Å². The molecule has 5 heteroatoms. The Morgan fingerprint density at radius 1 is 1.05 bits per heavy atom. The molecule has 1 rings (SSSR count). The summed E-state index contributed by atoms with van der Waals surface area (Å²) in [7, 11) is -3.29. The van der Waals surface area contributed by atoms with Crippen LogP contribution in [0.3, 0.4) is 0 Å². The summed E-state index contributed by atoms with van der Waals surface area (Å²) < 4.78 is 23.1. The van der Waals surface area contributed by atoms with Gasteiger partial charge >= 0.3 is 7.60 Å². The van der Waals surface area contributed by atoms with Crippen molar-refractivity contribution in [1.29, 1.82) is 0 Å². The smallest absolute Gasteiger partial charge is 0.314 e. The van der Waals surface area contributed by atoms with E-state index < -0.39 is 13.4 Å². The maximum atomic E-state index is 12.6. The molecule has 4 nitrogen and oxygen atoms in total. The van der Waals surface area contributed by atoms with E-state index in [9.17, 15) is 4.57 Å². The lowest BCUT2D eigenvalue weighted by atomic mass is 10.0. The van der Waals surface area contributed by atoms with E-state index in [1.54, 1.807) is 13.8 Å². The Hall–Kier alpha value is -0.670. The first kappa shape index (κ1) is 16.4. The van der Waals surface area contributed by atoms with Crippen LogP contribution in [0, 0.1) is 0 Å². The van der Waals surface area contributed by atoms with Gasteiger partial charge in [-0.1, -0.05) is 38.1 Å². The second-order valence-corrected chi connectivity index (χ2v) is 6.79. The second-order valence-electron chi connectivity index (χ2n) is 4.64. The lowest BCUT2D eigenvalue weighted by Gasteiger charge is -2.23. The summed E-state index contributed by atoms with van der Waals surface area (Å²) in [6, 6.07) is 7.79. The molecule has 0 bridgehead atoms. The van der Waals surface area contributed by atoms with Crippen molar-refractivity contribution in [3.8, 4) is 0 Å². The molecule has 0 spiro atoms. The van der Waals surface area contributed by atoms with E-state index in [2.05, 4.69) is 13.8 Å². The SMILES string of the molecule is CCOP(=O)(OCC)[C@@H](N)c1ccc(C(C)C)cc1. The van der Waals surface area contributed by atoms with E-state index in [0.29, 0.717) is 19.1 Å². The minimum Gasteiger partial charge on any atom is -0.314 e. The van der Waals surface area contributed by atoms with E-state index >= 15 is 0 Å². The molecule has 1 aromatic carbocycles. The quantitative estimate of drug-likeness (QED) is 0.768. The predicted molar refractivity (Wildman–Crippen MR) is 78.3 cm³/mol. The highest BCUT2D eigenvalue weighted by molar-refractivity contribution is 7.54. The Morgan fingerprint density at radius 2 is 1.47 bits per heavy atom. The van der Waals surface area contributed by atoms with Crippen molar-refractivity contribution < 1.29 is 13.6 Å². The van der Waals surface area contributed by atoms with Crippen molar-refractivity contribution >= 4 is 7.60 Å². The van der Waals surface area contributed by atoms with Gasteiger partial charge in [0.15, 0.2) is 0 Å². The molecule has 0 aliphatic heterocycles. The molecule has 0 saturated carbocycles. The van der Waals surface area contributed by atoms with Gasteiger partial charge in [-0.25, -0.2) is 0 Å². The van der Waals surface area contributed by atoms with Gasteiger partial charge in [0.2, 0.25) is 0 Å². The zero-order valence-electron chi connectivity index (χ0n) is 12.1. The molecule has 0 aliphatic carbocycles. The molecule has 0 fully saturated rings. The molecule has 0 radical (unpaired) electrons. The van der Waals surface area contributed by atoms with Gasteiger partial charge in [-0.15, -0.1) is 0 Å². The van der Waals surface area contributed by atoms with Gasteiger partial charge in [-0.05, 0) is 30.9 Å². The summed E-state index contributed by atoms with van der Waals surface area (Å²) in [4.78, 5) is 0. The Kier molecular flexibility index (Phi) is 6.21. The molecule has 0 amide bonds. The second kappa shape index (κ2) is 7.20. The molecular formula is C14H24NO3P. The van der Waals surface area contributed by atoms with Gasteiger partial charge in [-0.2, -0.15) is 0 Å². The summed E-state index contributed by atoms with van der Waals surface area (Å²) in [6.07, 6.45) is 0. The lowest BCUT2D eigenvalue weighted by Crippen LogP contribution is -2.15. The van der Waals surface area contributed by atoms with Crippen LogP contribution in [-0.4, -0.2) is 13.2 Å². The van der Waals surface area contributed by atoms with Crippen LogP contribution in [0.4, 0.5) is 0 Å². The number of hydrogen-bond acceptors (Lipinski definition) is 4. The first-order chi connectivity index (χ1) is 8.94. The van der Waals surface area contributed by atoms with Crippen LogP contribution < -0.4 is 5.73 Å². The Labute approximate surface area is 115 Å². The molecule has 0 saturated heterocycles. The topological polar surface area (TPSA) is 61.5 Å². The molecule has 0 unspecified atom stereocenters. The summed E-state index contributed by atoms with van der Waals surface area (Å²) in [5.41, 5.74) is 8.05. The summed E-state index contributed by atoms with van der Waals surface area (Å²) >= 11 is 0. The predicted octanol–water partition coefficient (Wildman–Crippen LogP) is 4.03. The Balaban J connectivity index is 2.96. The third-order valence-corrected chi connectivity index (χ3v) is 5.12. The van der Waals surface area contributed by atoms with Crippen LogP contribution in [0.1, 0.15) is 50.5 Å². The maximum Gasteiger partial charge on any atom is 0.351 e. The zero-order chi connectivity index (χ0) is 14.5. The average Bonchev–Trinajstić information content (AvgIpc) is 2.38. The van der Waals surface area contributed by atoms with Crippen molar-refractivity contribution in [2.45, 2.75) is 39.4 Å². The fourth-order valence-corrected chi connectivity index (χ4v) is 3.47. The summed E-state index contributed by atoms with van der Waals surface area (Å²) in [5.74, 6) is -0.288. The average molecular weight is 285 g/mol. The fourth-order valence-electron chi connectivity index (χ4n) is 1.82. The van der Waals surface area contributed by atoms with E-state index in [0.717, 1.165) is 5.56 Å². The first-order valence-electron chi connectivity index (χ1n) is 6.68. The van der Waals surface area contributed by atoms with E-state index in [4.69, 9.17) is 14.8 Å². The van der Waals surface area contributed by atoms with Crippen LogP contribution >= 0.6 is 7.60 Å². The molecule has 0 heterocycles. The van der Waals surface area contributed by atoms with E-state index in [1.165, 1.54) is 5.56 Å². The molecule has 0 aliphatic rings. The van der Waals surface area contributed by atoms with Gasteiger partial charge in [0.1, 0.15) is 5.78 Å². The maximum absolute atomic E-state index is 12.6. The number of nitrogens with two attached hydrogens (primary N) is 1. The highest BCUT2D eigenvalue weighted by Crippen LogP contribution is 2.58. The monoisotopic (exact) mass is 285 g/mol. The van der Waals surface area contributed by atoms with Gasteiger partial charge in [0.25, 0.3) is 0 Å². The van der Waals surface area contributed by atoms with Crippen molar-refractivity contribution in [1.82, 2.24) is 0 Å². The third-order valence-electron chi connectivity index (χ3n) is 2.90. The molecule has 2 N–H and O–H groups in total. The summed E-state index contributed by atoms with van der Waals surface area (Å²) in [6.45, 7) is 8.44. The van der Waals surface area contributed by atoms with Crippen LogP contribution in [-0.2, 0) is 13.6 Å². The van der Waals surface area contributed by atoms with Gasteiger partial charge in [0, 0.05) is 0 Å². The minimum atomic E-state index is -3.29. The van der Waals surface area contributed by atoms with Gasteiger partial charge < -0.3 is 14.8 Å². The van der Waals surface area contributed by atoms with Crippen LogP contribution in [0.25, 0.3) is 0 Å². The zero-order valence-corrected chi connectivity index (χ0v) is 13.0. The van der Waals surface area contributed by atoms with Crippen LogP contribution in [0.2, 0.25) is 0 Å². The molecule has 1 aromatic rings. The number of benzene rings is 1. The Morgan fingerprint density at radius 3 is 1.84 bits per heavy atom. The van der Waals surface area contributed by atoms with Crippen molar-refractivity contribution in [3.63, 3.8) is 0 Å². The minimum absolute atomic E-state index is 0.315. The first-order valence-corrected chi connectivity index (χ1v) is 8.30. The molecular weight excluding hydrogens is 261 g/mol. The van der Waals surface area contributed by atoms with Crippen molar-refractivity contribution in [2.24, 2.45) is 5.73 Å². The van der Waals surface area contributed by atoms with E-state index in [-0.39, 0.29) is 0 Å². The molecule has 0 aromatic heterocycles. The van der Waals surface area contributed by atoms with Crippen LogP contribution in [0.5, 0.6) is 0 Å². The molecule has 108 valence electrons.